The molecule has 4 rings (SSSR count). The number of aryl methyl sites for hydroxylation is 2. The molecular formula is C21H25N3. The lowest BCUT2D eigenvalue weighted by Crippen LogP contribution is -2.27. The number of pyridine rings is 1. The van der Waals surface area contributed by atoms with Crippen molar-refractivity contribution < 1.29 is 34.3 Å². The molecule has 0 amide bonds. The first-order valence-electron chi connectivity index (χ1n) is 19.0. The lowest BCUT2D eigenvalue weighted by Gasteiger charge is -2.24. The van der Waals surface area contributed by atoms with Gasteiger partial charge in [0.15, 0.2) is 0 Å². The van der Waals surface area contributed by atoms with Crippen LogP contribution in [0.4, 0.5) is 0 Å². The molecule has 3 heteroatoms. The predicted octanol–water partition coefficient (Wildman–Crippen LogP) is 3.88. The number of aromatic nitrogens is 2. The van der Waals surface area contributed by atoms with Gasteiger partial charge in [-0.25, -0.2) is 0 Å². The maximum absolute atomic E-state index is 9.04. The summed E-state index contributed by atoms with van der Waals surface area (Å²) in [5.41, 5.74) is -7.93. The van der Waals surface area contributed by atoms with Crippen LogP contribution >= 0.6 is 0 Å². The van der Waals surface area contributed by atoms with E-state index in [1.54, 1.807) is 0 Å². The number of likely N-dealkylation sites (N-methyl/N-ethyl adjacent to an activating group) is 1. The first kappa shape index (κ1) is 3.83. The highest BCUT2D eigenvalue weighted by Crippen LogP contribution is 2.31. The Morgan fingerprint density at radius 3 is 3.21 bits per heavy atom. The first-order valence-corrected chi connectivity index (χ1v) is 6.54. The summed E-state index contributed by atoms with van der Waals surface area (Å²) in [6, 6.07) is -6.62. The van der Waals surface area contributed by atoms with Crippen LogP contribution in [-0.4, -0.2) is 27.9 Å². The van der Waals surface area contributed by atoms with Crippen molar-refractivity contribution in [3.63, 3.8) is 0 Å². The van der Waals surface area contributed by atoms with Gasteiger partial charge in [0.25, 0.3) is 0 Å². The quantitative estimate of drug-likeness (QED) is 0.719. The molecule has 0 atom stereocenters. The third-order valence-corrected chi connectivity index (χ3v) is 3.11. The van der Waals surface area contributed by atoms with Gasteiger partial charge >= 0.3 is 0 Å². The summed E-state index contributed by atoms with van der Waals surface area (Å²) in [6.07, 6.45) is -9.25. The van der Waals surface area contributed by atoms with Crippen LogP contribution in [0.3, 0.4) is 0 Å². The topological polar surface area (TPSA) is 21.1 Å². The van der Waals surface area contributed by atoms with Crippen molar-refractivity contribution >= 4 is 10.9 Å². The fourth-order valence-electron chi connectivity index (χ4n) is 2.14. The Bertz CT molecular complexity index is 1870. The second-order valence-electron chi connectivity index (χ2n) is 4.65. The maximum atomic E-state index is 9.04. The van der Waals surface area contributed by atoms with E-state index < -0.39 is 133 Å². The molecule has 1 aliphatic rings. The molecular weight excluding hydrogens is 294 g/mol. The van der Waals surface area contributed by atoms with Crippen molar-refractivity contribution in [2.45, 2.75) is 39.4 Å². The van der Waals surface area contributed by atoms with E-state index in [1.165, 1.54) is 0 Å². The van der Waals surface area contributed by atoms with Gasteiger partial charge in [0.05, 0.1) is 11.0 Å². The third kappa shape index (κ3) is 2.73. The summed E-state index contributed by atoms with van der Waals surface area (Å²) in [4.78, 5) is 2.82. The summed E-state index contributed by atoms with van der Waals surface area (Å²) in [5.74, 6) is 0. The molecule has 3 heterocycles. The second-order valence-corrected chi connectivity index (χ2v) is 4.65. The summed E-state index contributed by atoms with van der Waals surface area (Å²) in [7, 11) is 0. The summed E-state index contributed by atoms with van der Waals surface area (Å²) in [5, 5.41) is -1.17. The van der Waals surface area contributed by atoms with Gasteiger partial charge in [0, 0.05) is 77.6 Å². The fraction of sp³-hybridized carbons (Fsp3) is 0.381. The average molecular weight is 345 g/mol. The van der Waals surface area contributed by atoms with E-state index in [2.05, 4.69) is 4.98 Å². The van der Waals surface area contributed by atoms with Crippen LogP contribution in [0, 0.1) is 13.7 Å². The van der Waals surface area contributed by atoms with Crippen molar-refractivity contribution in [3.8, 4) is 0 Å². The van der Waals surface area contributed by atoms with Crippen molar-refractivity contribution in [2.75, 3.05) is 13.5 Å². The van der Waals surface area contributed by atoms with E-state index in [-0.39, 0.29) is 4.57 Å². The molecule has 24 heavy (non-hydrogen) atoms. The molecule has 124 valence electrons. The number of hydrogen-bond donors (Lipinski definition) is 0. The lowest BCUT2D eigenvalue weighted by atomic mass is 10.0. The van der Waals surface area contributed by atoms with E-state index in [0.717, 1.165) is 0 Å². The Morgan fingerprint density at radius 2 is 2.33 bits per heavy atom. The third-order valence-electron chi connectivity index (χ3n) is 3.11. The Morgan fingerprint density at radius 1 is 1.33 bits per heavy atom. The molecule has 0 saturated carbocycles. The monoisotopic (exact) mass is 344 g/mol. The zero-order valence-electron chi connectivity index (χ0n) is 36.8. The maximum Gasteiger partial charge on any atom is 0.0843 e. The predicted molar refractivity (Wildman–Crippen MR) is 99.4 cm³/mol. The molecule has 0 spiro atoms. The van der Waals surface area contributed by atoms with Gasteiger partial charge in [-0.05, 0) is 56.3 Å². The highest BCUT2D eigenvalue weighted by Gasteiger charge is 2.22. The summed E-state index contributed by atoms with van der Waals surface area (Å²) < 4.78 is 208. The highest BCUT2D eigenvalue weighted by molar-refractivity contribution is 5.86. The van der Waals surface area contributed by atoms with Crippen LogP contribution in [-0.2, 0) is 25.7 Å². The van der Waals surface area contributed by atoms with Gasteiger partial charge < -0.3 is 9.47 Å². The fourth-order valence-corrected chi connectivity index (χ4v) is 2.14. The molecule has 0 N–H and O–H groups in total. The molecule has 0 fully saturated rings. The van der Waals surface area contributed by atoms with Crippen LogP contribution in [0.1, 0.15) is 62.3 Å². The molecule has 0 radical (unpaired) electrons. The smallest absolute Gasteiger partial charge is 0.0843 e. The molecule has 2 aromatic heterocycles. The lowest BCUT2D eigenvalue weighted by molar-refractivity contribution is 0.309. The number of nitrogens with zero attached hydrogens (tertiary/aromatic N) is 3. The highest BCUT2D eigenvalue weighted by atomic mass is 15.1. The van der Waals surface area contributed by atoms with Crippen LogP contribution in [0.5, 0.6) is 0 Å². The largest absolute Gasteiger partial charge is 0.344 e. The Balaban J connectivity index is 2.37. The molecule has 0 bridgehead atoms. The van der Waals surface area contributed by atoms with Gasteiger partial charge in [0.2, 0.25) is 0 Å². The van der Waals surface area contributed by atoms with Crippen LogP contribution < -0.4 is 0 Å². The molecule has 0 unspecified atom stereocenters. The van der Waals surface area contributed by atoms with Crippen molar-refractivity contribution in [1.29, 1.82) is 0 Å². The molecule has 3 aromatic rings. The van der Waals surface area contributed by atoms with E-state index >= 15 is 0 Å². The zero-order valence-corrected chi connectivity index (χ0v) is 11.8. The molecule has 3 nitrogen and oxygen atoms in total. The average Bonchev–Trinajstić information content (AvgIpc) is 3.25. The number of rotatable bonds is 3. The van der Waals surface area contributed by atoms with Crippen LogP contribution in [0.15, 0.2) is 36.4 Å². The number of benzene rings is 1. The minimum Gasteiger partial charge on any atom is -0.344 e. The van der Waals surface area contributed by atoms with Gasteiger partial charge in [-0.3, -0.25) is 4.98 Å². The molecule has 0 saturated heterocycles. The van der Waals surface area contributed by atoms with Crippen LogP contribution in [0.25, 0.3) is 10.9 Å². The van der Waals surface area contributed by atoms with Crippen LogP contribution in [0.2, 0.25) is 0 Å². The zero-order chi connectivity index (χ0) is 38.4. The van der Waals surface area contributed by atoms with Gasteiger partial charge in [-0.1, -0.05) is 17.6 Å². The van der Waals surface area contributed by atoms with E-state index in [1.807, 2.05) is 0 Å². The minimum absolute atomic E-state index is 0.161. The van der Waals surface area contributed by atoms with E-state index in [4.69, 9.17) is 34.3 Å². The molecule has 1 aliphatic heterocycles. The van der Waals surface area contributed by atoms with Gasteiger partial charge in [0.1, 0.15) is 0 Å². The first-order chi connectivity index (χ1) is 21.5. The standard InChI is InChI=1S/C21H25N3/c1-15-4-7-20-18(12-15)19-14-23(3)10-9-21(19)24(20)11-8-17-6-5-16(2)22-13-17/h4-7,12-13H,8-11,14H2,1-3H3/i1D3,2D3,3D3,4D,5D,6D,7D,8D2,9D2,10D2,11D2,12D,13D,14D2. The molecule has 1 aromatic carbocycles. The Hall–Kier alpha value is -2.13. The minimum atomic E-state index is -4.09. The van der Waals surface area contributed by atoms with Gasteiger partial charge in [-0.2, -0.15) is 0 Å². The normalized spacial score (nSPS) is 39.2. The molecule has 0 aliphatic carbocycles. The van der Waals surface area contributed by atoms with E-state index in [9.17, 15) is 0 Å². The second kappa shape index (κ2) is 6.06. The van der Waals surface area contributed by atoms with Gasteiger partial charge in [-0.15, -0.1) is 0 Å². The summed E-state index contributed by atoms with van der Waals surface area (Å²) in [6.45, 7) is -22.3. The Labute approximate surface area is 179 Å². The summed E-state index contributed by atoms with van der Waals surface area (Å²) >= 11 is 0. The van der Waals surface area contributed by atoms with Crippen molar-refractivity contribution in [1.82, 2.24) is 14.5 Å². The number of hydrogen-bond acceptors (Lipinski definition) is 2. The SMILES string of the molecule is [2H]c1nc(C([2H])([2H])[2H])c([2H])c([2H])c1C([2H])([2H])C([2H])([2H])n1c2c(c3c([2H])c(C([2H])([2H])[2H])c([2H])c([2H])c31)C([2H])([2H])N(C([2H])([2H])[2H])C([2H])([2H])C2([2H])[2H]. The van der Waals surface area contributed by atoms with Crippen molar-refractivity contribution in [2.24, 2.45) is 0 Å². The van der Waals surface area contributed by atoms with Crippen molar-refractivity contribution in [3.05, 3.63) is 64.5 Å². The number of fused-ring (bicyclic) bond motifs is 3. The Kier molecular flexibility index (Phi) is 0.967. The van der Waals surface area contributed by atoms with E-state index in [0.29, 0.717) is 0 Å².